The lowest BCUT2D eigenvalue weighted by molar-refractivity contribution is 0.192. The van der Waals surface area contributed by atoms with Crippen LogP contribution in [0.3, 0.4) is 0 Å². The number of aromatic nitrogens is 1. The SMILES string of the molecule is Cc1ncc(C2=N[C@@H](C)[C@H](C)Oc3c(F)cccc32)cc1Br. The number of fused-ring (bicyclic) bond motifs is 1. The number of benzene rings is 1. The number of aryl methyl sites for hydroxylation is 1. The Labute approximate surface area is 137 Å². The van der Waals surface area contributed by atoms with Crippen molar-refractivity contribution in [3.63, 3.8) is 0 Å². The Hall–Kier alpha value is -1.75. The van der Waals surface area contributed by atoms with Crippen LogP contribution < -0.4 is 4.74 Å². The molecule has 1 aliphatic heterocycles. The standard InChI is InChI=1S/C17H16BrFN2O/c1-9-11(3)22-17-13(5-4-6-15(17)19)16(21-9)12-7-14(18)10(2)20-8-12/h4-9,11H,1-3H3/t9-,11-/m0/s1. The van der Waals surface area contributed by atoms with Crippen molar-refractivity contribution in [1.29, 1.82) is 0 Å². The molecule has 0 fully saturated rings. The van der Waals surface area contributed by atoms with Crippen LogP contribution in [0.5, 0.6) is 5.75 Å². The van der Waals surface area contributed by atoms with Gasteiger partial charge in [0.25, 0.3) is 0 Å². The molecule has 0 radical (unpaired) electrons. The Morgan fingerprint density at radius 1 is 1.27 bits per heavy atom. The monoisotopic (exact) mass is 362 g/mol. The maximum Gasteiger partial charge on any atom is 0.165 e. The first-order valence-corrected chi connectivity index (χ1v) is 7.92. The van der Waals surface area contributed by atoms with Crippen molar-refractivity contribution in [2.45, 2.75) is 32.9 Å². The normalized spacial score (nSPS) is 20.7. The molecule has 22 heavy (non-hydrogen) atoms. The maximum atomic E-state index is 14.2. The van der Waals surface area contributed by atoms with E-state index in [0.29, 0.717) is 11.3 Å². The van der Waals surface area contributed by atoms with E-state index in [4.69, 9.17) is 9.73 Å². The molecular formula is C17H16BrFN2O. The summed E-state index contributed by atoms with van der Waals surface area (Å²) in [4.78, 5) is 9.11. The van der Waals surface area contributed by atoms with E-state index in [9.17, 15) is 4.39 Å². The highest BCUT2D eigenvalue weighted by atomic mass is 79.9. The van der Waals surface area contributed by atoms with Crippen LogP contribution in [-0.4, -0.2) is 22.8 Å². The highest BCUT2D eigenvalue weighted by molar-refractivity contribution is 9.10. The van der Waals surface area contributed by atoms with Crippen LogP contribution in [0.15, 0.2) is 39.9 Å². The van der Waals surface area contributed by atoms with Crippen LogP contribution in [-0.2, 0) is 0 Å². The molecule has 3 rings (SSSR count). The molecule has 3 nitrogen and oxygen atoms in total. The van der Waals surface area contributed by atoms with Crippen molar-refractivity contribution < 1.29 is 9.13 Å². The molecule has 2 atom stereocenters. The molecule has 0 aliphatic carbocycles. The van der Waals surface area contributed by atoms with Crippen LogP contribution in [0.2, 0.25) is 0 Å². The lowest BCUT2D eigenvalue weighted by Crippen LogP contribution is -2.23. The van der Waals surface area contributed by atoms with Gasteiger partial charge in [-0.2, -0.15) is 0 Å². The topological polar surface area (TPSA) is 34.5 Å². The summed E-state index contributed by atoms with van der Waals surface area (Å²) in [5.74, 6) is -0.111. The average Bonchev–Trinajstić information content (AvgIpc) is 2.61. The van der Waals surface area contributed by atoms with Gasteiger partial charge in [-0.05, 0) is 54.9 Å². The third-order valence-corrected chi connectivity index (χ3v) is 4.64. The van der Waals surface area contributed by atoms with Crippen LogP contribution in [0.1, 0.15) is 30.7 Å². The van der Waals surface area contributed by atoms with Crippen molar-refractivity contribution in [1.82, 2.24) is 4.98 Å². The van der Waals surface area contributed by atoms with Gasteiger partial charge in [0.05, 0.1) is 17.4 Å². The molecule has 1 aromatic heterocycles. The van der Waals surface area contributed by atoms with Crippen molar-refractivity contribution in [3.8, 4) is 5.75 Å². The molecular weight excluding hydrogens is 347 g/mol. The molecule has 2 aromatic rings. The zero-order chi connectivity index (χ0) is 15.9. The molecule has 1 aromatic carbocycles. The summed E-state index contributed by atoms with van der Waals surface area (Å²) in [6.45, 7) is 5.78. The Morgan fingerprint density at radius 2 is 2.05 bits per heavy atom. The summed E-state index contributed by atoms with van der Waals surface area (Å²) in [5, 5.41) is 0. The van der Waals surface area contributed by atoms with E-state index in [-0.39, 0.29) is 23.7 Å². The van der Waals surface area contributed by atoms with E-state index in [0.717, 1.165) is 15.7 Å². The van der Waals surface area contributed by atoms with Crippen LogP contribution >= 0.6 is 15.9 Å². The molecule has 0 bridgehead atoms. The van der Waals surface area contributed by atoms with Gasteiger partial charge in [0.1, 0.15) is 6.10 Å². The van der Waals surface area contributed by atoms with Gasteiger partial charge in [0.2, 0.25) is 0 Å². The molecule has 5 heteroatoms. The van der Waals surface area contributed by atoms with E-state index in [2.05, 4.69) is 20.9 Å². The van der Waals surface area contributed by atoms with Gasteiger partial charge in [0, 0.05) is 21.8 Å². The number of hydrogen-bond donors (Lipinski definition) is 0. The van der Waals surface area contributed by atoms with Crippen LogP contribution in [0, 0.1) is 12.7 Å². The zero-order valence-electron chi connectivity index (χ0n) is 12.6. The molecule has 0 N–H and O–H groups in total. The summed E-state index contributed by atoms with van der Waals surface area (Å²) in [7, 11) is 0. The molecule has 0 amide bonds. The average molecular weight is 363 g/mol. The minimum absolute atomic E-state index is 0.0816. The minimum Gasteiger partial charge on any atom is -0.485 e. The first kappa shape index (κ1) is 15.2. The van der Waals surface area contributed by atoms with E-state index in [1.165, 1.54) is 6.07 Å². The number of pyridine rings is 1. The number of rotatable bonds is 1. The zero-order valence-corrected chi connectivity index (χ0v) is 14.2. The fraction of sp³-hybridized carbons (Fsp3) is 0.294. The molecule has 0 saturated heterocycles. The predicted octanol–water partition coefficient (Wildman–Crippen LogP) is 4.30. The van der Waals surface area contributed by atoms with E-state index >= 15 is 0 Å². The molecule has 0 unspecified atom stereocenters. The third kappa shape index (κ3) is 2.65. The smallest absolute Gasteiger partial charge is 0.165 e. The molecule has 1 aliphatic rings. The van der Waals surface area contributed by atoms with Gasteiger partial charge in [-0.3, -0.25) is 9.98 Å². The van der Waals surface area contributed by atoms with Crippen molar-refractivity contribution in [3.05, 3.63) is 57.6 Å². The fourth-order valence-electron chi connectivity index (χ4n) is 2.34. The molecule has 114 valence electrons. The maximum absolute atomic E-state index is 14.2. The van der Waals surface area contributed by atoms with Gasteiger partial charge >= 0.3 is 0 Å². The van der Waals surface area contributed by atoms with E-state index < -0.39 is 0 Å². The summed E-state index contributed by atoms with van der Waals surface area (Å²) < 4.78 is 20.9. The van der Waals surface area contributed by atoms with Gasteiger partial charge in [-0.15, -0.1) is 0 Å². The van der Waals surface area contributed by atoms with Crippen molar-refractivity contribution in [2.24, 2.45) is 4.99 Å². The summed E-state index contributed by atoms with van der Waals surface area (Å²) in [6, 6.07) is 6.78. The fourth-order valence-corrected chi connectivity index (χ4v) is 2.69. The lowest BCUT2D eigenvalue weighted by atomic mass is 10.0. The lowest BCUT2D eigenvalue weighted by Gasteiger charge is -2.16. The third-order valence-electron chi connectivity index (χ3n) is 3.84. The molecule has 0 spiro atoms. The highest BCUT2D eigenvalue weighted by Crippen LogP contribution is 2.31. The van der Waals surface area contributed by atoms with Gasteiger partial charge in [-0.25, -0.2) is 4.39 Å². The largest absolute Gasteiger partial charge is 0.485 e. The van der Waals surface area contributed by atoms with Crippen LogP contribution in [0.4, 0.5) is 4.39 Å². The Balaban J connectivity index is 2.22. The van der Waals surface area contributed by atoms with Crippen molar-refractivity contribution in [2.75, 3.05) is 0 Å². The highest BCUT2D eigenvalue weighted by Gasteiger charge is 2.26. The summed E-state index contributed by atoms with van der Waals surface area (Å²) in [6.07, 6.45) is 1.56. The van der Waals surface area contributed by atoms with Crippen LogP contribution in [0.25, 0.3) is 0 Å². The van der Waals surface area contributed by atoms with Crippen molar-refractivity contribution >= 4 is 21.6 Å². The number of para-hydroxylation sites is 1. The molecule has 2 heterocycles. The number of ether oxygens (including phenoxy) is 1. The number of hydrogen-bond acceptors (Lipinski definition) is 3. The first-order valence-electron chi connectivity index (χ1n) is 7.13. The number of halogens is 2. The second-order valence-electron chi connectivity index (χ2n) is 5.45. The second-order valence-corrected chi connectivity index (χ2v) is 6.30. The number of nitrogens with zero attached hydrogens (tertiary/aromatic N) is 2. The van der Waals surface area contributed by atoms with Gasteiger partial charge in [0.15, 0.2) is 11.6 Å². The Morgan fingerprint density at radius 3 is 2.77 bits per heavy atom. The summed E-state index contributed by atoms with van der Waals surface area (Å²) >= 11 is 3.49. The Kier molecular flexibility index (Phi) is 4.00. The summed E-state index contributed by atoms with van der Waals surface area (Å²) in [5.41, 5.74) is 3.11. The predicted molar refractivity (Wildman–Crippen MR) is 88.3 cm³/mol. The van der Waals surface area contributed by atoms with E-state index in [1.54, 1.807) is 12.3 Å². The molecule has 0 saturated carbocycles. The van der Waals surface area contributed by atoms with E-state index in [1.807, 2.05) is 32.9 Å². The number of aliphatic imine (C=N–C) groups is 1. The first-order chi connectivity index (χ1) is 10.5. The van der Waals surface area contributed by atoms with Gasteiger partial charge in [-0.1, -0.05) is 6.07 Å². The minimum atomic E-state index is -0.370. The quantitative estimate of drug-likeness (QED) is 0.757. The Bertz CT molecular complexity index is 760. The van der Waals surface area contributed by atoms with Gasteiger partial charge < -0.3 is 4.74 Å². The second kappa shape index (κ2) is 5.80.